The maximum absolute atomic E-state index is 12.7. The zero-order valence-corrected chi connectivity index (χ0v) is 9.21. The Kier molecular flexibility index (Phi) is 5.01. The number of hydrogen-bond donors (Lipinski definition) is 2. The maximum atomic E-state index is 12.7. The van der Waals surface area contributed by atoms with Gasteiger partial charge in [0.2, 0.25) is 0 Å². The van der Waals surface area contributed by atoms with Crippen molar-refractivity contribution in [2.75, 3.05) is 26.2 Å². The van der Waals surface area contributed by atoms with E-state index in [1.807, 2.05) is 0 Å². The Labute approximate surface area is 93.4 Å². The molecule has 0 aliphatic carbocycles. The van der Waals surface area contributed by atoms with Crippen molar-refractivity contribution in [1.82, 2.24) is 4.90 Å². The third kappa shape index (κ3) is 3.61. The maximum Gasteiger partial charge on any atom is 0.404 e. The molecule has 1 aliphatic rings. The van der Waals surface area contributed by atoms with Gasteiger partial charge in [-0.05, 0) is 44.8 Å². The summed E-state index contributed by atoms with van der Waals surface area (Å²) < 4.78 is 38.2. The van der Waals surface area contributed by atoms with Gasteiger partial charge in [-0.25, -0.2) is 0 Å². The minimum Gasteiger partial charge on any atom is -0.396 e. The number of halogens is 3. The fourth-order valence-electron chi connectivity index (χ4n) is 2.16. The Morgan fingerprint density at radius 1 is 1.31 bits per heavy atom. The minimum atomic E-state index is -4.20. The van der Waals surface area contributed by atoms with Crippen molar-refractivity contribution in [3.8, 4) is 0 Å². The van der Waals surface area contributed by atoms with Crippen LogP contribution in [0.2, 0.25) is 0 Å². The Morgan fingerprint density at radius 2 is 1.88 bits per heavy atom. The van der Waals surface area contributed by atoms with Gasteiger partial charge in [0.05, 0.1) is 0 Å². The normalized spacial score (nSPS) is 22.3. The lowest BCUT2D eigenvalue weighted by molar-refractivity contribution is -0.188. The lowest BCUT2D eigenvalue weighted by Crippen LogP contribution is -2.50. The molecule has 6 heteroatoms. The summed E-state index contributed by atoms with van der Waals surface area (Å²) in [6, 6.07) is -1.42. The van der Waals surface area contributed by atoms with Gasteiger partial charge in [0.25, 0.3) is 0 Å². The van der Waals surface area contributed by atoms with Crippen LogP contribution in [0, 0.1) is 5.92 Å². The Morgan fingerprint density at radius 3 is 2.25 bits per heavy atom. The van der Waals surface area contributed by atoms with Gasteiger partial charge in [0, 0.05) is 6.61 Å². The molecule has 16 heavy (non-hydrogen) atoms. The highest BCUT2D eigenvalue weighted by atomic mass is 19.4. The fraction of sp³-hybridized carbons (Fsp3) is 1.00. The second-order valence-electron chi connectivity index (χ2n) is 4.30. The molecule has 1 unspecified atom stereocenters. The third-order valence-electron chi connectivity index (χ3n) is 3.17. The van der Waals surface area contributed by atoms with Gasteiger partial charge in [-0.2, -0.15) is 13.2 Å². The predicted molar refractivity (Wildman–Crippen MR) is 54.9 cm³/mol. The van der Waals surface area contributed by atoms with E-state index in [1.54, 1.807) is 0 Å². The fourth-order valence-corrected chi connectivity index (χ4v) is 2.16. The van der Waals surface area contributed by atoms with E-state index in [0.717, 1.165) is 0 Å². The van der Waals surface area contributed by atoms with Gasteiger partial charge in [0.15, 0.2) is 0 Å². The minimum absolute atomic E-state index is 0.0457. The number of alkyl halides is 3. The van der Waals surface area contributed by atoms with Gasteiger partial charge in [0.1, 0.15) is 6.04 Å². The number of likely N-dealkylation sites (tertiary alicyclic amines) is 1. The smallest absolute Gasteiger partial charge is 0.396 e. The van der Waals surface area contributed by atoms with Crippen LogP contribution in [0.3, 0.4) is 0 Å². The molecule has 0 amide bonds. The molecule has 0 aromatic heterocycles. The van der Waals surface area contributed by atoms with Crippen molar-refractivity contribution in [3.63, 3.8) is 0 Å². The number of nitrogens with zero attached hydrogens (tertiary/aromatic N) is 1. The highest BCUT2D eigenvalue weighted by molar-refractivity contribution is 4.83. The summed E-state index contributed by atoms with van der Waals surface area (Å²) in [5, 5.41) is 8.92. The molecular formula is C10H19F3N2O. The molecule has 3 nitrogen and oxygen atoms in total. The second-order valence-corrected chi connectivity index (χ2v) is 4.30. The quantitative estimate of drug-likeness (QED) is 0.770. The number of aliphatic hydroxyl groups is 1. The van der Waals surface area contributed by atoms with E-state index in [9.17, 15) is 13.2 Å². The van der Waals surface area contributed by atoms with Crippen LogP contribution in [-0.2, 0) is 0 Å². The van der Waals surface area contributed by atoms with Crippen LogP contribution in [0.15, 0.2) is 0 Å². The van der Waals surface area contributed by atoms with Crippen molar-refractivity contribution in [2.45, 2.75) is 31.5 Å². The summed E-state index contributed by atoms with van der Waals surface area (Å²) in [7, 11) is 0. The van der Waals surface area contributed by atoms with E-state index in [-0.39, 0.29) is 25.5 Å². The largest absolute Gasteiger partial charge is 0.404 e. The van der Waals surface area contributed by atoms with Crippen molar-refractivity contribution in [2.24, 2.45) is 11.7 Å². The van der Waals surface area contributed by atoms with Crippen LogP contribution >= 0.6 is 0 Å². The molecular weight excluding hydrogens is 221 g/mol. The number of nitrogens with two attached hydrogens (primary N) is 1. The van der Waals surface area contributed by atoms with Crippen LogP contribution in [-0.4, -0.2) is 48.5 Å². The summed E-state index contributed by atoms with van der Waals surface area (Å²) >= 11 is 0. The second kappa shape index (κ2) is 5.84. The summed E-state index contributed by atoms with van der Waals surface area (Å²) in [4.78, 5) is 1.44. The van der Waals surface area contributed by atoms with Crippen LogP contribution in [0.4, 0.5) is 13.2 Å². The molecule has 0 bridgehead atoms. The van der Waals surface area contributed by atoms with E-state index >= 15 is 0 Å². The van der Waals surface area contributed by atoms with E-state index in [1.165, 1.54) is 4.90 Å². The molecule has 1 heterocycles. The topological polar surface area (TPSA) is 49.5 Å². The molecule has 1 aliphatic heterocycles. The van der Waals surface area contributed by atoms with Gasteiger partial charge in [-0.1, -0.05) is 0 Å². The Hall–Kier alpha value is -0.330. The molecule has 96 valence electrons. The standard InChI is InChI=1S/C10H19F3N2O/c11-10(12,13)9(1-4-14)15-5-2-8(7-16)3-6-15/h8-9,16H,1-7,14H2. The monoisotopic (exact) mass is 240 g/mol. The highest BCUT2D eigenvalue weighted by Crippen LogP contribution is 2.30. The van der Waals surface area contributed by atoms with Gasteiger partial charge < -0.3 is 10.8 Å². The predicted octanol–water partition coefficient (Wildman–Crippen LogP) is 0.970. The molecule has 1 fully saturated rings. The van der Waals surface area contributed by atoms with Gasteiger partial charge in [-0.15, -0.1) is 0 Å². The van der Waals surface area contributed by atoms with Gasteiger partial charge in [-0.3, -0.25) is 4.90 Å². The molecule has 0 saturated carbocycles. The zero-order chi connectivity index (χ0) is 12.2. The van der Waals surface area contributed by atoms with Crippen LogP contribution < -0.4 is 5.73 Å². The molecule has 3 N–H and O–H groups in total. The average molecular weight is 240 g/mol. The first-order valence-corrected chi connectivity index (χ1v) is 5.60. The number of piperidine rings is 1. The number of aliphatic hydroxyl groups excluding tert-OH is 1. The van der Waals surface area contributed by atoms with E-state index in [2.05, 4.69) is 0 Å². The van der Waals surface area contributed by atoms with Crippen molar-refractivity contribution in [1.29, 1.82) is 0 Å². The Balaban J connectivity index is 2.53. The lowest BCUT2D eigenvalue weighted by atomic mass is 9.96. The van der Waals surface area contributed by atoms with Crippen LogP contribution in [0.1, 0.15) is 19.3 Å². The van der Waals surface area contributed by atoms with Crippen molar-refractivity contribution < 1.29 is 18.3 Å². The molecule has 1 atom stereocenters. The first-order valence-electron chi connectivity index (χ1n) is 5.60. The first-order chi connectivity index (χ1) is 7.49. The molecule has 0 aromatic carbocycles. The molecule has 0 radical (unpaired) electrons. The Bertz CT molecular complexity index is 203. The molecule has 1 saturated heterocycles. The molecule has 1 rings (SSSR count). The zero-order valence-electron chi connectivity index (χ0n) is 9.21. The summed E-state index contributed by atoms with van der Waals surface area (Å²) in [5.41, 5.74) is 5.22. The summed E-state index contributed by atoms with van der Waals surface area (Å²) in [5.74, 6) is 0.156. The van der Waals surface area contributed by atoms with E-state index in [0.29, 0.717) is 25.9 Å². The van der Waals surface area contributed by atoms with Crippen molar-refractivity contribution >= 4 is 0 Å². The van der Waals surface area contributed by atoms with Crippen LogP contribution in [0.5, 0.6) is 0 Å². The van der Waals surface area contributed by atoms with E-state index in [4.69, 9.17) is 10.8 Å². The number of rotatable bonds is 4. The van der Waals surface area contributed by atoms with Crippen LogP contribution in [0.25, 0.3) is 0 Å². The van der Waals surface area contributed by atoms with Gasteiger partial charge >= 0.3 is 6.18 Å². The van der Waals surface area contributed by atoms with Crippen molar-refractivity contribution in [3.05, 3.63) is 0 Å². The summed E-state index contributed by atoms with van der Waals surface area (Å²) in [6.07, 6.45) is -2.99. The molecule has 0 spiro atoms. The third-order valence-corrected chi connectivity index (χ3v) is 3.17. The summed E-state index contributed by atoms with van der Waals surface area (Å²) in [6.45, 7) is 0.913. The number of hydrogen-bond acceptors (Lipinski definition) is 3. The highest BCUT2D eigenvalue weighted by Gasteiger charge is 2.43. The SMILES string of the molecule is NCCC(N1CCC(CO)CC1)C(F)(F)F. The van der Waals surface area contributed by atoms with E-state index < -0.39 is 12.2 Å². The first kappa shape index (κ1) is 13.7. The lowest BCUT2D eigenvalue weighted by Gasteiger charge is -2.37. The average Bonchev–Trinajstić information content (AvgIpc) is 2.25. The molecule has 0 aromatic rings.